The molecule has 23 heavy (non-hydrogen) atoms. The van der Waals surface area contributed by atoms with Gasteiger partial charge in [-0.2, -0.15) is 0 Å². The van der Waals surface area contributed by atoms with Crippen molar-refractivity contribution in [2.75, 3.05) is 7.11 Å². The van der Waals surface area contributed by atoms with Crippen LogP contribution in [0.2, 0.25) is 0 Å². The number of aromatic nitrogens is 2. The number of nitrogens with zero attached hydrogens (tertiary/aromatic N) is 2. The van der Waals surface area contributed by atoms with Crippen LogP contribution in [0.3, 0.4) is 0 Å². The fourth-order valence-corrected chi connectivity index (χ4v) is 2.58. The Labute approximate surface area is 134 Å². The smallest absolute Gasteiger partial charge is 0.254 e. The number of rotatable bonds is 5. The van der Waals surface area contributed by atoms with Gasteiger partial charge in [0.15, 0.2) is 6.10 Å². The molecule has 0 radical (unpaired) electrons. The van der Waals surface area contributed by atoms with E-state index in [4.69, 9.17) is 4.74 Å². The molecule has 0 bridgehead atoms. The van der Waals surface area contributed by atoms with Gasteiger partial charge in [-0.05, 0) is 24.1 Å². The molecular formula is C18H19N3O2. The number of imidazole rings is 1. The van der Waals surface area contributed by atoms with E-state index in [1.165, 1.54) is 7.11 Å². The molecule has 3 rings (SSSR count). The molecule has 118 valence electrons. The average Bonchev–Trinajstić information content (AvgIpc) is 2.99. The van der Waals surface area contributed by atoms with Gasteiger partial charge < -0.3 is 14.5 Å². The van der Waals surface area contributed by atoms with E-state index >= 15 is 0 Å². The molecule has 2 heterocycles. The van der Waals surface area contributed by atoms with Crippen molar-refractivity contribution in [1.29, 1.82) is 0 Å². The second-order valence-corrected chi connectivity index (χ2v) is 5.40. The zero-order valence-electron chi connectivity index (χ0n) is 13.2. The number of amides is 1. The van der Waals surface area contributed by atoms with E-state index in [-0.39, 0.29) is 5.91 Å². The number of hydrogen-bond donors (Lipinski definition) is 1. The van der Waals surface area contributed by atoms with Crippen LogP contribution in [0, 0.1) is 6.92 Å². The van der Waals surface area contributed by atoms with Crippen LogP contribution in [-0.2, 0) is 16.1 Å². The molecule has 0 saturated heterocycles. The Morgan fingerprint density at radius 3 is 2.74 bits per heavy atom. The fourth-order valence-electron chi connectivity index (χ4n) is 2.58. The molecule has 1 amide bonds. The Bertz CT molecular complexity index is 812. The topological polar surface area (TPSA) is 55.6 Å². The van der Waals surface area contributed by atoms with Crippen molar-refractivity contribution in [3.8, 4) is 0 Å². The first-order valence-electron chi connectivity index (χ1n) is 7.47. The van der Waals surface area contributed by atoms with Crippen LogP contribution in [0.1, 0.15) is 22.9 Å². The minimum atomic E-state index is -0.616. The molecule has 0 aliphatic rings. The van der Waals surface area contributed by atoms with Crippen LogP contribution in [0.25, 0.3) is 5.65 Å². The van der Waals surface area contributed by atoms with Gasteiger partial charge in [0.1, 0.15) is 5.65 Å². The summed E-state index contributed by atoms with van der Waals surface area (Å²) in [5.74, 6) is -0.174. The predicted molar refractivity (Wildman–Crippen MR) is 88.0 cm³/mol. The van der Waals surface area contributed by atoms with Crippen molar-refractivity contribution >= 4 is 11.6 Å². The summed E-state index contributed by atoms with van der Waals surface area (Å²) in [5.41, 5.74) is 3.65. The summed E-state index contributed by atoms with van der Waals surface area (Å²) in [5, 5.41) is 2.89. The molecular weight excluding hydrogens is 290 g/mol. The number of pyridine rings is 1. The van der Waals surface area contributed by atoms with Crippen molar-refractivity contribution in [1.82, 2.24) is 14.7 Å². The molecule has 5 heteroatoms. The molecule has 0 fully saturated rings. The van der Waals surface area contributed by atoms with Gasteiger partial charge in [0, 0.05) is 19.5 Å². The van der Waals surface area contributed by atoms with E-state index in [2.05, 4.69) is 10.3 Å². The number of benzene rings is 1. The molecule has 0 spiro atoms. The SMILES string of the molecule is CO[C@H](C(=O)NCc1cn2cccc(C)c2n1)c1ccccc1. The number of hydrogen-bond acceptors (Lipinski definition) is 3. The van der Waals surface area contributed by atoms with Gasteiger partial charge in [-0.1, -0.05) is 36.4 Å². The lowest BCUT2D eigenvalue weighted by Gasteiger charge is -2.15. The van der Waals surface area contributed by atoms with Gasteiger partial charge in [0.2, 0.25) is 0 Å². The van der Waals surface area contributed by atoms with Crippen LogP contribution >= 0.6 is 0 Å². The lowest BCUT2D eigenvalue weighted by atomic mass is 10.1. The van der Waals surface area contributed by atoms with Crippen molar-refractivity contribution in [3.63, 3.8) is 0 Å². The van der Waals surface area contributed by atoms with Crippen LogP contribution in [0.4, 0.5) is 0 Å². The Morgan fingerprint density at radius 2 is 2.04 bits per heavy atom. The first-order chi connectivity index (χ1) is 11.2. The summed E-state index contributed by atoms with van der Waals surface area (Å²) in [7, 11) is 1.53. The van der Waals surface area contributed by atoms with Crippen LogP contribution < -0.4 is 5.32 Å². The molecule has 3 aromatic rings. The average molecular weight is 309 g/mol. The van der Waals surface area contributed by atoms with Crippen molar-refractivity contribution in [3.05, 3.63) is 71.7 Å². The highest BCUT2D eigenvalue weighted by molar-refractivity contribution is 5.82. The monoisotopic (exact) mass is 309 g/mol. The predicted octanol–water partition coefficient (Wildman–Crippen LogP) is 2.65. The second-order valence-electron chi connectivity index (χ2n) is 5.40. The minimum absolute atomic E-state index is 0.174. The van der Waals surface area contributed by atoms with Crippen molar-refractivity contribution < 1.29 is 9.53 Å². The molecule has 5 nitrogen and oxygen atoms in total. The third kappa shape index (κ3) is 3.24. The van der Waals surface area contributed by atoms with E-state index in [0.29, 0.717) is 6.54 Å². The van der Waals surface area contributed by atoms with Gasteiger partial charge in [0.05, 0.1) is 12.2 Å². The van der Waals surface area contributed by atoms with E-state index in [9.17, 15) is 4.79 Å². The highest BCUT2D eigenvalue weighted by Crippen LogP contribution is 2.16. The first-order valence-corrected chi connectivity index (χ1v) is 7.47. The molecule has 2 aromatic heterocycles. The summed E-state index contributed by atoms with van der Waals surface area (Å²) in [6.45, 7) is 2.38. The summed E-state index contributed by atoms with van der Waals surface area (Å²) in [6, 6.07) is 13.4. The molecule has 0 aliphatic heterocycles. The van der Waals surface area contributed by atoms with Gasteiger partial charge in [-0.15, -0.1) is 0 Å². The van der Waals surface area contributed by atoms with Gasteiger partial charge >= 0.3 is 0 Å². The lowest BCUT2D eigenvalue weighted by Crippen LogP contribution is -2.30. The largest absolute Gasteiger partial charge is 0.367 e. The molecule has 0 unspecified atom stereocenters. The highest BCUT2D eigenvalue weighted by Gasteiger charge is 2.19. The maximum absolute atomic E-state index is 12.4. The quantitative estimate of drug-likeness (QED) is 0.788. The van der Waals surface area contributed by atoms with Crippen LogP contribution in [0.5, 0.6) is 0 Å². The van der Waals surface area contributed by atoms with Crippen molar-refractivity contribution in [2.45, 2.75) is 19.6 Å². The normalized spacial score (nSPS) is 12.3. The third-order valence-corrected chi connectivity index (χ3v) is 3.75. The van der Waals surface area contributed by atoms with E-state index in [0.717, 1.165) is 22.5 Å². The zero-order valence-corrected chi connectivity index (χ0v) is 13.2. The summed E-state index contributed by atoms with van der Waals surface area (Å²) in [4.78, 5) is 16.9. The minimum Gasteiger partial charge on any atom is -0.367 e. The third-order valence-electron chi connectivity index (χ3n) is 3.75. The van der Waals surface area contributed by atoms with Gasteiger partial charge in [0.25, 0.3) is 5.91 Å². The van der Waals surface area contributed by atoms with Crippen LogP contribution in [0.15, 0.2) is 54.9 Å². The number of carbonyl (C=O) groups excluding carboxylic acids is 1. The Balaban J connectivity index is 1.71. The Hall–Kier alpha value is -2.66. The number of carbonyl (C=O) groups is 1. The molecule has 0 saturated carbocycles. The van der Waals surface area contributed by atoms with E-state index < -0.39 is 6.10 Å². The summed E-state index contributed by atoms with van der Waals surface area (Å²) < 4.78 is 7.29. The molecule has 1 N–H and O–H groups in total. The number of fused-ring (bicyclic) bond motifs is 1. The number of ether oxygens (including phenoxy) is 1. The van der Waals surface area contributed by atoms with E-state index in [1.807, 2.05) is 66.2 Å². The maximum Gasteiger partial charge on any atom is 0.254 e. The first kappa shape index (κ1) is 15.2. The fraction of sp³-hybridized carbons (Fsp3) is 0.222. The maximum atomic E-state index is 12.4. The molecule has 1 atom stereocenters. The number of aryl methyl sites for hydroxylation is 1. The summed E-state index contributed by atoms with van der Waals surface area (Å²) >= 11 is 0. The van der Waals surface area contributed by atoms with Crippen LogP contribution in [-0.4, -0.2) is 22.4 Å². The number of methoxy groups -OCH3 is 1. The molecule has 1 aromatic carbocycles. The molecule has 0 aliphatic carbocycles. The second kappa shape index (κ2) is 6.62. The Kier molecular flexibility index (Phi) is 4.39. The Morgan fingerprint density at radius 1 is 1.26 bits per heavy atom. The summed E-state index contributed by atoms with van der Waals surface area (Å²) in [6.07, 6.45) is 3.25. The van der Waals surface area contributed by atoms with Gasteiger partial charge in [-0.25, -0.2) is 4.98 Å². The zero-order chi connectivity index (χ0) is 16.2. The van der Waals surface area contributed by atoms with E-state index in [1.54, 1.807) is 0 Å². The standard InChI is InChI=1S/C18H19N3O2/c1-13-7-6-10-21-12-15(20-17(13)21)11-19-18(22)16(23-2)14-8-4-3-5-9-14/h3-10,12,16H,11H2,1-2H3,(H,19,22)/t16-/m0/s1. The highest BCUT2D eigenvalue weighted by atomic mass is 16.5. The number of nitrogens with one attached hydrogen (secondary N) is 1. The van der Waals surface area contributed by atoms with Crippen molar-refractivity contribution in [2.24, 2.45) is 0 Å². The van der Waals surface area contributed by atoms with Gasteiger partial charge in [-0.3, -0.25) is 4.79 Å². The lowest BCUT2D eigenvalue weighted by molar-refractivity contribution is -0.131.